The zero-order chi connectivity index (χ0) is 22.0. The third-order valence-corrected chi connectivity index (χ3v) is 6.01. The van der Waals surface area contributed by atoms with E-state index in [1.165, 1.54) is 0 Å². The van der Waals surface area contributed by atoms with Crippen LogP contribution in [0.25, 0.3) is 17.0 Å². The number of benzene rings is 1. The zero-order valence-electron chi connectivity index (χ0n) is 18.3. The van der Waals surface area contributed by atoms with Gasteiger partial charge in [-0.25, -0.2) is 0 Å². The predicted molar refractivity (Wildman–Crippen MR) is 123 cm³/mol. The molecule has 31 heavy (non-hydrogen) atoms. The maximum absolute atomic E-state index is 12.6. The Balaban J connectivity index is 1.44. The first-order chi connectivity index (χ1) is 14.9. The first kappa shape index (κ1) is 21.6. The van der Waals surface area contributed by atoms with Crippen molar-refractivity contribution in [3.8, 4) is 11.4 Å². The summed E-state index contributed by atoms with van der Waals surface area (Å²) in [6.45, 7) is 8.04. The minimum absolute atomic E-state index is 0.0640. The number of hydrogen-bond acceptors (Lipinski definition) is 5. The summed E-state index contributed by atoms with van der Waals surface area (Å²) in [6, 6.07) is 11.6. The van der Waals surface area contributed by atoms with Gasteiger partial charge in [0.1, 0.15) is 5.82 Å². The second kappa shape index (κ2) is 9.22. The van der Waals surface area contributed by atoms with Crippen molar-refractivity contribution >= 4 is 29.0 Å². The molecule has 0 radical (unpaired) electrons. The lowest BCUT2D eigenvalue weighted by Crippen LogP contribution is -2.43. The van der Waals surface area contributed by atoms with Crippen molar-refractivity contribution in [1.82, 2.24) is 25.1 Å². The van der Waals surface area contributed by atoms with Gasteiger partial charge in [0.15, 0.2) is 11.5 Å². The van der Waals surface area contributed by atoms with Crippen molar-refractivity contribution in [2.45, 2.75) is 46.1 Å². The highest BCUT2D eigenvalue weighted by molar-refractivity contribution is 6.30. The number of carbonyl (C=O) groups excluding carboxylic acids is 1. The molecule has 1 N–H and O–H groups in total. The van der Waals surface area contributed by atoms with Gasteiger partial charge in [0.05, 0.1) is 0 Å². The van der Waals surface area contributed by atoms with Crippen LogP contribution in [-0.4, -0.2) is 44.8 Å². The molecule has 3 heterocycles. The Morgan fingerprint density at radius 1 is 1.10 bits per heavy atom. The van der Waals surface area contributed by atoms with E-state index in [1.807, 2.05) is 36.4 Å². The van der Waals surface area contributed by atoms with Crippen LogP contribution in [0.5, 0.6) is 0 Å². The Morgan fingerprint density at radius 2 is 1.81 bits per heavy atom. The molecule has 4 rings (SSSR count). The average molecular weight is 441 g/mol. The largest absolute Gasteiger partial charge is 0.355 e. The van der Waals surface area contributed by atoms with Crippen LogP contribution in [0, 0.1) is 11.8 Å². The van der Waals surface area contributed by atoms with E-state index >= 15 is 0 Å². The second-order valence-electron chi connectivity index (χ2n) is 8.79. The van der Waals surface area contributed by atoms with Crippen LogP contribution in [0.2, 0.25) is 5.02 Å². The molecule has 0 saturated carbocycles. The molecule has 1 atom stereocenters. The molecule has 0 bridgehead atoms. The molecule has 8 heteroatoms. The van der Waals surface area contributed by atoms with Gasteiger partial charge < -0.3 is 10.2 Å². The lowest BCUT2D eigenvalue weighted by atomic mass is 9.95. The molecule has 0 aliphatic carbocycles. The van der Waals surface area contributed by atoms with Crippen LogP contribution in [-0.2, 0) is 4.79 Å². The number of fused-ring (bicyclic) bond motifs is 1. The Kier molecular flexibility index (Phi) is 6.41. The second-order valence-corrected chi connectivity index (χ2v) is 9.23. The van der Waals surface area contributed by atoms with E-state index in [-0.39, 0.29) is 17.9 Å². The Bertz CT molecular complexity index is 1040. The molecule has 1 fully saturated rings. The van der Waals surface area contributed by atoms with Crippen LogP contribution < -0.4 is 10.2 Å². The van der Waals surface area contributed by atoms with E-state index in [9.17, 15) is 4.79 Å². The number of aromatic nitrogens is 4. The van der Waals surface area contributed by atoms with E-state index in [2.05, 4.69) is 41.2 Å². The lowest BCUT2D eigenvalue weighted by molar-refractivity contribution is -0.126. The van der Waals surface area contributed by atoms with Gasteiger partial charge in [-0.15, -0.1) is 15.3 Å². The molecule has 2 aromatic heterocycles. The molecule has 3 aromatic rings. The summed E-state index contributed by atoms with van der Waals surface area (Å²) in [6.07, 6.45) is 2.65. The number of amides is 1. The molecule has 1 aromatic carbocycles. The third kappa shape index (κ3) is 4.98. The fraction of sp³-hybridized carbons (Fsp3) is 0.478. The number of hydrogen-bond donors (Lipinski definition) is 1. The number of nitrogens with zero attached hydrogens (tertiary/aromatic N) is 5. The van der Waals surface area contributed by atoms with E-state index in [1.54, 1.807) is 4.52 Å². The van der Waals surface area contributed by atoms with E-state index < -0.39 is 0 Å². The summed E-state index contributed by atoms with van der Waals surface area (Å²) in [4.78, 5) is 14.9. The van der Waals surface area contributed by atoms with Gasteiger partial charge in [-0.1, -0.05) is 25.4 Å². The highest BCUT2D eigenvalue weighted by Crippen LogP contribution is 2.25. The topological polar surface area (TPSA) is 75.4 Å². The maximum Gasteiger partial charge on any atom is 0.223 e. The maximum atomic E-state index is 12.6. The molecule has 0 spiro atoms. The number of nitrogens with one attached hydrogen (secondary N) is 1. The zero-order valence-corrected chi connectivity index (χ0v) is 19.0. The van der Waals surface area contributed by atoms with Gasteiger partial charge in [-0.2, -0.15) is 4.52 Å². The summed E-state index contributed by atoms with van der Waals surface area (Å²) in [5.41, 5.74) is 1.61. The molecule has 1 saturated heterocycles. The van der Waals surface area contributed by atoms with E-state index in [0.717, 1.165) is 43.7 Å². The first-order valence-electron chi connectivity index (χ1n) is 10.9. The Hall–Kier alpha value is -2.67. The van der Waals surface area contributed by atoms with Gasteiger partial charge in [0.2, 0.25) is 5.91 Å². The Labute approximate surface area is 187 Å². The van der Waals surface area contributed by atoms with Crippen molar-refractivity contribution in [1.29, 1.82) is 0 Å². The normalized spacial score (nSPS) is 16.1. The first-order valence-corrected chi connectivity index (χ1v) is 11.3. The number of carbonyl (C=O) groups is 1. The SMILES string of the molecule is CC(C)C[C@@H](C)NC(=O)C1CCN(c2ccc3nnc(-c4ccc(Cl)cc4)n3n2)CC1. The Morgan fingerprint density at radius 3 is 2.48 bits per heavy atom. The molecule has 1 aliphatic heterocycles. The fourth-order valence-corrected chi connectivity index (χ4v) is 4.35. The van der Waals surface area contributed by atoms with Crippen LogP contribution >= 0.6 is 11.6 Å². The summed E-state index contributed by atoms with van der Waals surface area (Å²) in [5, 5.41) is 17.2. The summed E-state index contributed by atoms with van der Waals surface area (Å²) < 4.78 is 1.77. The third-order valence-electron chi connectivity index (χ3n) is 5.75. The molecule has 164 valence electrons. The van der Waals surface area contributed by atoms with Crippen molar-refractivity contribution in [2.75, 3.05) is 18.0 Å². The predicted octanol–water partition coefficient (Wildman–Crippen LogP) is 4.21. The van der Waals surface area contributed by atoms with Crippen molar-refractivity contribution in [3.05, 3.63) is 41.4 Å². The number of rotatable bonds is 6. The smallest absolute Gasteiger partial charge is 0.223 e. The molecular formula is C23H29ClN6O. The van der Waals surface area contributed by atoms with E-state index in [4.69, 9.17) is 16.7 Å². The van der Waals surface area contributed by atoms with Gasteiger partial charge >= 0.3 is 0 Å². The molecule has 0 unspecified atom stereocenters. The minimum atomic E-state index is 0.0640. The fourth-order valence-electron chi connectivity index (χ4n) is 4.22. The molecule has 1 amide bonds. The summed E-state index contributed by atoms with van der Waals surface area (Å²) in [7, 11) is 0. The van der Waals surface area contributed by atoms with Crippen LogP contribution in [0.1, 0.15) is 40.0 Å². The molecule has 1 aliphatic rings. The number of anilines is 1. The van der Waals surface area contributed by atoms with Gasteiger partial charge in [-0.05, 0) is 68.5 Å². The highest BCUT2D eigenvalue weighted by Gasteiger charge is 2.27. The van der Waals surface area contributed by atoms with E-state index in [0.29, 0.717) is 22.4 Å². The summed E-state index contributed by atoms with van der Waals surface area (Å²) in [5.74, 6) is 2.37. The highest BCUT2D eigenvalue weighted by atomic mass is 35.5. The minimum Gasteiger partial charge on any atom is -0.355 e. The lowest BCUT2D eigenvalue weighted by Gasteiger charge is -2.32. The van der Waals surface area contributed by atoms with Crippen LogP contribution in [0.4, 0.5) is 5.82 Å². The molecular weight excluding hydrogens is 412 g/mol. The van der Waals surface area contributed by atoms with Gasteiger partial charge in [-0.3, -0.25) is 4.79 Å². The van der Waals surface area contributed by atoms with Crippen LogP contribution in [0.3, 0.4) is 0 Å². The monoisotopic (exact) mass is 440 g/mol. The standard InChI is InChI=1S/C23H29ClN6O/c1-15(2)14-16(3)25-23(31)18-10-12-29(13-11-18)21-9-8-20-26-27-22(30(20)28-21)17-4-6-19(24)7-5-17/h4-9,15-16,18H,10-14H2,1-3H3,(H,25,31)/t16-/m1/s1. The number of piperidine rings is 1. The van der Waals surface area contributed by atoms with Crippen molar-refractivity contribution in [2.24, 2.45) is 11.8 Å². The average Bonchev–Trinajstić information content (AvgIpc) is 3.17. The van der Waals surface area contributed by atoms with Crippen molar-refractivity contribution < 1.29 is 4.79 Å². The van der Waals surface area contributed by atoms with Crippen molar-refractivity contribution in [3.63, 3.8) is 0 Å². The van der Waals surface area contributed by atoms with Crippen LogP contribution in [0.15, 0.2) is 36.4 Å². The van der Waals surface area contributed by atoms with Gasteiger partial charge in [0.25, 0.3) is 0 Å². The molecule has 7 nitrogen and oxygen atoms in total. The quantitative estimate of drug-likeness (QED) is 0.621. The van der Waals surface area contributed by atoms with Gasteiger partial charge in [0, 0.05) is 35.6 Å². The summed E-state index contributed by atoms with van der Waals surface area (Å²) >= 11 is 6.01. The number of halogens is 1.